The molecular formula is C22H30N4O3. The standard InChI is InChI=1S/C22H30N4O3/c1-29-19-11-7-17(8-12-19)21-24-25(22(28)26(21)18-9-10-18)14-13-23-20(27)15-16-5-3-2-4-6-16/h7-8,11-12,16,18H,2-6,9-10,13-15H2,1H3,(H,23,27). The zero-order valence-electron chi connectivity index (χ0n) is 17.1. The molecule has 2 aliphatic carbocycles. The van der Waals surface area contributed by atoms with Gasteiger partial charge in [0.05, 0.1) is 13.7 Å². The van der Waals surface area contributed by atoms with Crippen molar-refractivity contribution in [1.82, 2.24) is 19.7 Å². The predicted octanol–water partition coefficient (Wildman–Crippen LogP) is 3.14. The summed E-state index contributed by atoms with van der Waals surface area (Å²) in [6.45, 7) is 0.813. The van der Waals surface area contributed by atoms with Gasteiger partial charge in [-0.1, -0.05) is 19.3 Å². The predicted molar refractivity (Wildman–Crippen MR) is 111 cm³/mol. The van der Waals surface area contributed by atoms with Gasteiger partial charge < -0.3 is 10.1 Å². The lowest BCUT2D eigenvalue weighted by Gasteiger charge is -2.20. The number of carbonyl (C=O) groups excluding carboxylic acids is 1. The van der Waals surface area contributed by atoms with Crippen molar-refractivity contribution in [2.75, 3.05) is 13.7 Å². The van der Waals surface area contributed by atoms with Crippen molar-refractivity contribution in [3.05, 3.63) is 34.7 Å². The molecular weight excluding hydrogens is 368 g/mol. The molecule has 156 valence electrons. The number of nitrogens with zero attached hydrogens (tertiary/aromatic N) is 3. The van der Waals surface area contributed by atoms with Crippen LogP contribution in [-0.2, 0) is 11.3 Å². The van der Waals surface area contributed by atoms with Crippen LogP contribution in [0.1, 0.15) is 57.4 Å². The molecule has 0 radical (unpaired) electrons. The van der Waals surface area contributed by atoms with Crippen LogP contribution in [0, 0.1) is 5.92 Å². The van der Waals surface area contributed by atoms with Crippen LogP contribution in [-0.4, -0.2) is 33.9 Å². The van der Waals surface area contributed by atoms with Crippen LogP contribution in [0.25, 0.3) is 11.4 Å². The summed E-state index contributed by atoms with van der Waals surface area (Å²) in [5.41, 5.74) is 0.801. The summed E-state index contributed by atoms with van der Waals surface area (Å²) < 4.78 is 8.50. The molecule has 0 bridgehead atoms. The number of nitrogens with one attached hydrogen (secondary N) is 1. The zero-order valence-corrected chi connectivity index (χ0v) is 17.1. The highest BCUT2D eigenvalue weighted by Gasteiger charge is 2.30. The fraction of sp³-hybridized carbons (Fsp3) is 0.591. The Bertz CT molecular complexity index is 890. The van der Waals surface area contributed by atoms with E-state index >= 15 is 0 Å². The van der Waals surface area contributed by atoms with Gasteiger partial charge in [0, 0.05) is 24.6 Å². The maximum atomic E-state index is 12.9. The molecule has 0 spiro atoms. The Balaban J connectivity index is 1.41. The number of amides is 1. The molecule has 0 saturated heterocycles. The largest absolute Gasteiger partial charge is 0.497 e. The van der Waals surface area contributed by atoms with Crippen molar-refractivity contribution in [2.45, 2.75) is 64.0 Å². The molecule has 1 aromatic heterocycles. The van der Waals surface area contributed by atoms with Crippen molar-refractivity contribution < 1.29 is 9.53 Å². The minimum absolute atomic E-state index is 0.0851. The molecule has 2 aliphatic rings. The molecule has 0 atom stereocenters. The molecule has 29 heavy (non-hydrogen) atoms. The van der Waals surface area contributed by atoms with Crippen LogP contribution in [0.3, 0.4) is 0 Å². The molecule has 7 nitrogen and oxygen atoms in total. The van der Waals surface area contributed by atoms with Crippen molar-refractivity contribution in [3.63, 3.8) is 0 Å². The average Bonchev–Trinajstić information content (AvgIpc) is 3.53. The Hall–Kier alpha value is -2.57. The quantitative estimate of drug-likeness (QED) is 0.741. The topological polar surface area (TPSA) is 78.2 Å². The number of hydrogen-bond acceptors (Lipinski definition) is 4. The molecule has 1 aromatic carbocycles. The highest BCUT2D eigenvalue weighted by molar-refractivity contribution is 5.76. The smallest absolute Gasteiger partial charge is 0.346 e. The van der Waals surface area contributed by atoms with Crippen LogP contribution >= 0.6 is 0 Å². The molecule has 4 rings (SSSR count). The van der Waals surface area contributed by atoms with Gasteiger partial charge in [0.2, 0.25) is 5.91 Å². The summed E-state index contributed by atoms with van der Waals surface area (Å²) in [6.07, 6.45) is 8.69. The third kappa shape index (κ3) is 4.71. The van der Waals surface area contributed by atoms with E-state index in [1.165, 1.54) is 23.9 Å². The van der Waals surface area contributed by atoms with Gasteiger partial charge >= 0.3 is 5.69 Å². The van der Waals surface area contributed by atoms with E-state index in [1.54, 1.807) is 11.7 Å². The van der Waals surface area contributed by atoms with Gasteiger partial charge in [-0.15, -0.1) is 5.10 Å². The Labute approximate surface area is 171 Å². The minimum atomic E-state index is -0.0974. The fourth-order valence-electron chi connectivity index (χ4n) is 4.19. The van der Waals surface area contributed by atoms with Gasteiger partial charge in [-0.25, -0.2) is 9.48 Å². The SMILES string of the molecule is COc1ccc(-c2nn(CCNC(=O)CC3CCCCC3)c(=O)n2C2CC2)cc1. The van der Waals surface area contributed by atoms with E-state index < -0.39 is 0 Å². The van der Waals surface area contributed by atoms with Crippen LogP contribution in [0.15, 0.2) is 29.1 Å². The van der Waals surface area contributed by atoms with Crippen molar-refractivity contribution >= 4 is 5.91 Å². The minimum Gasteiger partial charge on any atom is -0.497 e. The highest BCUT2D eigenvalue weighted by atomic mass is 16.5. The van der Waals surface area contributed by atoms with E-state index in [2.05, 4.69) is 10.4 Å². The van der Waals surface area contributed by atoms with Gasteiger partial charge in [0.1, 0.15) is 5.75 Å². The number of benzene rings is 1. The van der Waals surface area contributed by atoms with Gasteiger partial charge in [-0.3, -0.25) is 9.36 Å². The number of ether oxygens (including phenoxy) is 1. The fourth-order valence-corrected chi connectivity index (χ4v) is 4.19. The third-order valence-corrected chi connectivity index (χ3v) is 5.98. The van der Waals surface area contributed by atoms with E-state index in [9.17, 15) is 9.59 Å². The number of rotatable bonds is 8. The summed E-state index contributed by atoms with van der Waals surface area (Å²) in [4.78, 5) is 25.1. The molecule has 2 saturated carbocycles. The van der Waals surface area contributed by atoms with Crippen LogP contribution in [0.5, 0.6) is 5.75 Å². The lowest BCUT2D eigenvalue weighted by atomic mass is 9.87. The second-order valence-electron chi connectivity index (χ2n) is 8.22. The van der Waals surface area contributed by atoms with Crippen LogP contribution in [0.4, 0.5) is 0 Å². The monoisotopic (exact) mass is 398 g/mol. The summed E-state index contributed by atoms with van der Waals surface area (Å²) in [5.74, 6) is 2.06. The maximum absolute atomic E-state index is 12.9. The normalized spacial score (nSPS) is 17.3. The molecule has 0 aliphatic heterocycles. The summed E-state index contributed by atoms with van der Waals surface area (Å²) in [6, 6.07) is 7.84. The first-order chi connectivity index (χ1) is 14.2. The first-order valence-corrected chi connectivity index (χ1v) is 10.8. The van der Waals surface area contributed by atoms with Crippen LogP contribution < -0.4 is 15.7 Å². The third-order valence-electron chi connectivity index (χ3n) is 5.98. The number of methoxy groups -OCH3 is 1. The molecule has 2 fully saturated rings. The molecule has 0 unspecified atom stereocenters. The first-order valence-electron chi connectivity index (χ1n) is 10.8. The van der Waals surface area contributed by atoms with Crippen molar-refractivity contribution in [2.24, 2.45) is 5.92 Å². The lowest BCUT2D eigenvalue weighted by Crippen LogP contribution is -2.33. The Morgan fingerprint density at radius 3 is 2.52 bits per heavy atom. The van der Waals surface area contributed by atoms with Gasteiger partial charge in [-0.2, -0.15) is 0 Å². The number of carbonyl (C=O) groups is 1. The molecule has 2 aromatic rings. The van der Waals surface area contributed by atoms with Crippen molar-refractivity contribution in [3.8, 4) is 17.1 Å². The van der Waals surface area contributed by atoms with E-state index in [0.29, 0.717) is 31.3 Å². The molecule has 1 N–H and O–H groups in total. The summed E-state index contributed by atoms with van der Waals surface area (Å²) >= 11 is 0. The molecule has 7 heteroatoms. The summed E-state index contributed by atoms with van der Waals surface area (Å²) in [5, 5.41) is 7.55. The Morgan fingerprint density at radius 2 is 1.86 bits per heavy atom. The first kappa shape index (κ1) is 19.7. The van der Waals surface area contributed by atoms with E-state index in [4.69, 9.17) is 4.74 Å². The highest BCUT2D eigenvalue weighted by Crippen LogP contribution is 2.36. The Kier molecular flexibility index (Phi) is 6.02. The van der Waals surface area contributed by atoms with Crippen molar-refractivity contribution in [1.29, 1.82) is 0 Å². The summed E-state index contributed by atoms with van der Waals surface area (Å²) in [7, 11) is 1.63. The number of aromatic nitrogens is 3. The Morgan fingerprint density at radius 1 is 1.14 bits per heavy atom. The molecule has 1 heterocycles. The molecule has 1 amide bonds. The van der Waals surface area contributed by atoms with Crippen LogP contribution in [0.2, 0.25) is 0 Å². The van der Waals surface area contributed by atoms with E-state index in [-0.39, 0.29) is 17.6 Å². The second-order valence-corrected chi connectivity index (χ2v) is 8.22. The van der Waals surface area contributed by atoms with Gasteiger partial charge in [-0.05, 0) is 55.9 Å². The van der Waals surface area contributed by atoms with E-state index in [1.807, 2.05) is 24.3 Å². The maximum Gasteiger partial charge on any atom is 0.346 e. The van der Waals surface area contributed by atoms with E-state index in [0.717, 1.165) is 37.0 Å². The second kappa shape index (κ2) is 8.84. The average molecular weight is 399 g/mol. The van der Waals surface area contributed by atoms with Gasteiger partial charge in [0.15, 0.2) is 5.82 Å². The van der Waals surface area contributed by atoms with Gasteiger partial charge in [0.25, 0.3) is 0 Å². The number of hydrogen-bond donors (Lipinski definition) is 1. The lowest BCUT2D eigenvalue weighted by molar-refractivity contribution is -0.122. The zero-order chi connectivity index (χ0) is 20.2.